The lowest BCUT2D eigenvalue weighted by Crippen LogP contribution is -2.32. The predicted molar refractivity (Wildman–Crippen MR) is 128 cm³/mol. The molecule has 0 radical (unpaired) electrons. The number of nitrogens with zero attached hydrogens (tertiary/aromatic N) is 1. The Bertz CT molecular complexity index is 1020. The quantitative estimate of drug-likeness (QED) is 0.465. The van der Waals surface area contributed by atoms with Gasteiger partial charge in [-0.05, 0) is 59.7 Å². The van der Waals surface area contributed by atoms with Crippen molar-refractivity contribution in [2.24, 2.45) is 0 Å². The zero-order valence-corrected chi connectivity index (χ0v) is 19.8. The number of methoxy groups -OCH3 is 1. The molecule has 0 spiro atoms. The Morgan fingerprint density at radius 1 is 1.24 bits per heavy atom. The highest BCUT2D eigenvalue weighted by Gasteiger charge is 2.18. The molecule has 1 atom stereocenters. The van der Waals surface area contributed by atoms with Crippen LogP contribution in [0.1, 0.15) is 50.3 Å². The molecule has 1 unspecified atom stereocenters. The summed E-state index contributed by atoms with van der Waals surface area (Å²) in [4.78, 5) is 12.4. The van der Waals surface area contributed by atoms with Gasteiger partial charge < -0.3 is 19.5 Å². The minimum Gasteiger partial charge on any atom is -0.496 e. The maximum absolute atomic E-state index is 12.4. The summed E-state index contributed by atoms with van der Waals surface area (Å²) in [6.07, 6.45) is 3.52. The van der Waals surface area contributed by atoms with Crippen LogP contribution in [0.2, 0.25) is 0 Å². The van der Waals surface area contributed by atoms with Gasteiger partial charge >= 0.3 is 0 Å². The van der Waals surface area contributed by atoms with E-state index < -0.39 is 5.91 Å². The SMILES string of the molecule is COc1ccc(/C=C(/C#N)C(=O)NCC2CCCO2)cc1COc1ccc(C(C)(C)C)cc1. The number of nitrogens with one attached hydrogen (secondary N) is 1. The van der Waals surface area contributed by atoms with Crippen LogP contribution in [0.5, 0.6) is 11.5 Å². The molecule has 6 heteroatoms. The Labute approximate surface area is 196 Å². The first-order valence-corrected chi connectivity index (χ1v) is 11.2. The van der Waals surface area contributed by atoms with Gasteiger partial charge in [0.25, 0.3) is 5.91 Å². The molecule has 2 aromatic carbocycles. The second kappa shape index (κ2) is 11.0. The molecule has 0 aromatic heterocycles. The van der Waals surface area contributed by atoms with Gasteiger partial charge in [0.15, 0.2) is 0 Å². The normalized spacial score (nSPS) is 16.2. The van der Waals surface area contributed by atoms with E-state index in [1.165, 1.54) is 5.56 Å². The van der Waals surface area contributed by atoms with E-state index in [9.17, 15) is 10.1 Å². The molecule has 174 valence electrons. The molecular formula is C27H32N2O4. The zero-order chi connectivity index (χ0) is 23.8. The average molecular weight is 449 g/mol. The smallest absolute Gasteiger partial charge is 0.262 e. The Hall–Kier alpha value is -3.30. The molecule has 2 aromatic rings. The number of carbonyl (C=O) groups is 1. The van der Waals surface area contributed by atoms with Gasteiger partial charge in [-0.1, -0.05) is 39.0 Å². The summed E-state index contributed by atoms with van der Waals surface area (Å²) < 4.78 is 17.0. The maximum atomic E-state index is 12.4. The summed E-state index contributed by atoms with van der Waals surface area (Å²) in [5, 5.41) is 12.3. The van der Waals surface area contributed by atoms with E-state index in [1.807, 2.05) is 36.4 Å². The number of hydrogen-bond acceptors (Lipinski definition) is 5. The Kier molecular flexibility index (Phi) is 8.13. The van der Waals surface area contributed by atoms with Crippen LogP contribution >= 0.6 is 0 Å². The van der Waals surface area contributed by atoms with Crippen LogP contribution in [0.3, 0.4) is 0 Å². The molecule has 3 rings (SSSR count). The topological polar surface area (TPSA) is 80.6 Å². The van der Waals surface area contributed by atoms with E-state index in [0.29, 0.717) is 18.9 Å². The maximum Gasteiger partial charge on any atom is 0.262 e. The third-order valence-electron chi connectivity index (χ3n) is 5.61. The van der Waals surface area contributed by atoms with E-state index in [-0.39, 0.29) is 17.1 Å². The van der Waals surface area contributed by atoms with Crippen LogP contribution in [0.25, 0.3) is 6.08 Å². The molecule has 1 aliphatic heterocycles. The lowest BCUT2D eigenvalue weighted by Gasteiger charge is -2.19. The van der Waals surface area contributed by atoms with Crippen LogP contribution in [0.4, 0.5) is 0 Å². The summed E-state index contributed by atoms with van der Waals surface area (Å²) in [6, 6.07) is 15.5. The second-order valence-corrected chi connectivity index (χ2v) is 9.15. The van der Waals surface area contributed by atoms with Crippen molar-refractivity contribution in [1.82, 2.24) is 5.32 Å². The summed E-state index contributed by atoms with van der Waals surface area (Å²) in [5.74, 6) is 1.04. The van der Waals surface area contributed by atoms with Crippen LogP contribution in [-0.2, 0) is 21.6 Å². The molecular weight excluding hydrogens is 416 g/mol. The summed E-state index contributed by atoms with van der Waals surface area (Å²) >= 11 is 0. The monoisotopic (exact) mass is 448 g/mol. The van der Waals surface area contributed by atoms with Gasteiger partial charge in [-0.3, -0.25) is 4.79 Å². The Morgan fingerprint density at radius 3 is 2.61 bits per heavy atom. The molecule has 1 saturated heterocycles. The predicted octanol–water partition coefficient (Wildman–Crippen LogP) is 4.77. The van der Waals surface area contributed by atoms with Gasteiger partial charge in [0.05, 0.1) is 13.2 Å². The highest BCUT2D eigenvalue weighted by molar-refractivity contribution is 6.01. The van der Waals surface area contributed by atoms with Gasteiger partial charge in [-0.2, -0.15) is 5.26 Å². The largest absolute Gasteiger partial charge is 0.496 e. The Balaban J connectivity index is 1.69. The molecule has 1 fully saturated rings. The highest BCUT2D eigenvalue weighted by atomic mass is 16.5. The standard InChI is InChI=1S/C27H32N2O4/c1-27(2,3)22-8-10-23(11-9-22)33-18-21-15-19(7-12-25(21)31-4)14-20(16-28)26(30)29-17-24-6-5-13-32-24/h7-12,14-15,24H,5-6,13,17-18H2,1-4H3,(H,29,30)/b20-14-. The van der Waals surface area contributed by atoms with E-state index in [1.54, 1.807) is 13.2 Å². The third kappa shape index (κ3) is 6.84. The van der Waals surface area contributed by atoms with Crippen molar-refractivity contribution in [2.45, 2.75) is 51.7 Å². The summed E-state index contributed by atoms with van der Waals surface area (Å²) in [6.45, 7) is 7.94. The van der Waals surface area contributed by atoms with Crippen LogP contribution in [0, 0.1) is 11.3 Å². The first-order valence-electron chi connectivity index (χ1n) is 11.2. The average Bonchev–Trinajstić information content (AvgIpc) is 3.33. The molecule has 33 heavy (non-hydrogen) atoms. The lowest BCUT2D eigenvalue weighted by molar-refractivity contribution is -0.117. The number of hydrogen-bond donors (Lipinski definition) is 1. The fourth-order valence-electron chi connectivity index (χ4n) is 3.64. The fraction of sp³-hybridized carbons (Fsp3) is 0.407. The minimum atomic E-state index is -0.402. The van der Waals surface area contributed by atoms with Gasteiger partial charge in [-0.25, -0.2) is 0 Å². The van der Waals surface area contributed by atoms with Crippen molar-refractivity contribution >= 4 is 12.0 Å². The minimum absolute atomic E-state index is 0.0242. The van der Waals surface area contributed by atoms with Crippen molar-refractivity contribution in [3.63, 3.8) is 0 Å². The number of ether oxygens (including phenoxy) is 3. The number of benzene rings is 2. The second-order valence-electron chi connectivity index (χ2n) is 9.15. The van der Waals surface area contributed by atoms with Crippen molar-refractivity contribution < 1.29 is 19.0 Å². The molecule has 6 nitrogen and oxygen atoms in total. The fourth-order valence-corrected chi connectivity index (χ4v) is 3.64. The number of rotatable bonds is 8. The van der Waals surface area contributed by atoms with E-state index in [4.69, 9.17) is 14.2 Å². The summed E-state index contributed by atoms with van der Waals surface area (Å²) in [5.41, 5.74) is 2.91. The lowest BCUT2D eigenvalue weighted by atomic mass is 9.87. The number of nitriles is 1. The van der Waals surface area contributed by atoms with Crippen molar-refractivity contribution in [3.8, 4) is 17.6 Å². The van der Waals surface area contributed by atoms with Gasteiger partial charge in [-0.15, -0.1) is 0 Å². The van der Waals surface area contributed by atoms with E-state index in [2.05, 4.69) is 38.2 Å². The first-order chi connectivity index (χ1) is 15.8. The molecule has 1 amide bonds. The van der Waals surface area contributed by atoms with Gasteiger partial charge in [0.1, 0.15) is 29.7 Å². The third-order valence-corrected chi connectivity index (χ3v) is 5.61. The Morgan fingerprint density at radius 2 is 2.00 bits per heavy atom. The van der Waals surface area contributed by atoms with E-state index in [0.717, 1.165) is 36.3 Å². The number of amides is 1. The first kappa shape index (κ1) is 24.3. The molecule has 0 aliphatic carbocycles. The molecule has 1 heterocycles. The van der Waals surface area contributed by atoms with Gasteiger partial charge in [0, 0.05) is 18.7 Å². The van der Waals surface area contributed by atoms with Crippen molar-refractivity contribution in [3.05, 3.63) is 64.7 Å². The van der Waals surface area contributed by atoms with Crippen LogP contribution < -0.4 is 14.8 Å². The molecule has 1 aliphatic rings. The van der Waals surface area contributed by atoms with Crippen LogP contribution in [0.15, 0.2) is 48.0 Å². The zero-order valence-electron chi connectivity index (χ0n) is 19.8. The summed E-state index contributed by atoms with van der Waals surface area (Å²) in [7, 11) is 1.60. The molecule has 1 N–H and O–H groups in total. The van der Waals surface area contributed by atoms with Crippen LogP contribution in [-0.4, -0.2) is 32.3 Å². The number of carbonyl (C=O) groups excluding carboxylic acids is 1. The molecule has 0 bridgehead atoms. The highest BCUT2D eigenvalue weighted by Crippen LogP contribution is 2.26. The van der Waals surface area contributed by atoms with Crippen molar-refractivity contribution in [2.75, 3.05) is 20.3 Å². The molecule has 0 saturated carbocycles. The van der Waals surface area contributed by atoms with Crippen molar-refractivity contribution in [1.29, 1.82) is 5.26 Å². The van der Waals surface area contributed by atoms with E-state index >= 15 is 0 Å². The van der Waals surface area contributed by atoms with Gasteiger partial charge in [0.2, 0.25) is 0 Å².